The van der Waals surface area contributed by atoms with Crippen molar-refractivity contribution in [1.29, 1.82) is 0 Å². The molecular formula is C27H32O14. The van der Waals surface area contributed by atoms with Crippen molar-refractivity contribution in [3.63, 3.8) is 0 Å². The number of aromatic hydroxyl groups is 1. The van der Waals surface area contributed by atoms with Crippen LogP contribution >= 0.6 is 0 Å². The zero-order valence-corrected chi connectivity index (χ0v) is 22.2. The van der Waals surface area contributed by atoms with Gasteiger partial charge in [0.05, 0.1) is 39.1 Å². The Kier molecular flexibility index (Phi) is 11.4. The van der Waals surface area contributed by atoms with Gasteiger partial charge in [0.25, 0.3) is 0 Å². The smallest absolute Gasteiger partial charge is 0.337 e. The molecule has 3 rings (SSSR count). The van der Waals surface area contributed by atoms with E-state index in [9.17, 15) is 39.9 Å². The molecule has 1 aromatic carbocycles. The number of carbonyl (C=O) groups excluding carboxylic acids is 3. The van der Waals surface area contributed by atoms with Crippen molar-refractivity contribution in [2.75, 3.05) is 27.4 Å². The molecular weight excluding hydrogens is 548 g/mol. The van der Waals surface area contributed by atoms with E-state index >= 15 is 0 Å². The Morgan fingerprint density at radius 1 is 1.00 bits per heavy atom. The van der Waals surface area contributed by atoms with Gasteiger partial charge in [-0.15, -0.1) is 0 Å². The van der Waals surface area contributed by atoms with Gasteiger partial charge in [0.15, 0.2) is 6.29 Å². The third kappa shape index (κ3) is 8.13. The zero-order valence-electron chi connectivity index (χ0n) is 22.2. The minimum Gasteiger partial charge on any atom is -0.508 e. The van der Waals surface area contributed by atoms with Gasteiger partial charge in [0, 0.05) is 17.6 Å². The summed E-state index contributed by atoms with van der Waals surface area (Å²) in [4.78, 5) is 37.0. The molecule has 2 heterocycles. The Balaban J connectivity index is 1.86. The van der Waals surface area contributed by atoms with Crippen molar-refractivity contribution in [2.45, 2.75) is 43.4 Å². The average Bonchev–Trinajstić information content (AvgIpc) is 2.97. The highest BCUT2D eigenvalue weighted by atomic mass is 16.8. The van der Waals surface area contributed by atoms with E-state index in [1.807, 2.05) is 0 Å². The van der Waals surface area contributed by atoms with Crippen LogP contribution in [0.5, 0.6) is 5.75 Å². The molecule has 224 valence electrons. The number of ether oxygens (including phenoxy) is 6. The van der Waals surface area contributed by atoms with Crippen LogP contribution in [0.3, 0.4) is 0 Å². The average molecular weight is 581 g/mol. The maximum Gasteiger partial charge on any atom is 0.337 e. The van der Waals surface area contributed by atoms with E-state index in [2.05, 4.69) is 0 Å². The van der Waals surface area contributed by atoms with Crippen molar-refractivity contribution in [3.8, 4) is 5.75 Å². The fraction of sp³-hybridized carbons (Fsp3) is 0.444. The highest BCUT2D eigenvalue weighted by molar-refractivity contribution is 5.91. The number of carbonyl (C=O) groups is 3. The van der Waals surface area contributed by atoms with Crippen molar-refractivity contribution in [3.05, 3.63) is 59.4 Å². The normalized spacial score (nSPS) is 29.0. The van der Waals surface area contributed by atoms with Crippen molar-refractivity contribution in [1.82, 2.24) is 0 Å². The van der Waals surface area contributed by atoms with Crippen LogP contribution in [0.15, 0.2) is 53.8 Å². The molecule has 5 N–H and O–H groups in total. The fourth-order valence-electron chi connectivity index (χ4n) is 4.09. The van der Waals surface area contributed by atoms with Crippen LogP contribution in [-0.2, 0) is 42.8 Å². The lowest BCUT2D eigenvalue weighted by molar-refractivity contribution is -0.327. The second-order valence-electron chi connectivity index (χ2n) is 8.96. The zero-order chi connectivity index (χ0) is 30.1. The Labute approximate surface area is 234 Å². The van der Waals surface area contributed by atoms with Crippen LogP contribution in [0, 0.1) is 5.92 Å². The van der Waals surface area contributed by atoms with E-state index in [1.165, 1.54) is 24.3 Å². The monoisotopic (exact) mass is 580 g/mol. The number of phenolic OH excluding ortho intramolecular Hbond substituents is 1. The van der Waals surface area contributed by atoms with E-state index in [0.717, 1.165) is 26.6 Å². The number of esters is 3. The molecule has 14 heteroatoms. The topological polar surface area (TPSA) is 208 Å². The first kappa shape index (κ1) is 31.7. The van der Waals surface area contributed by atoms with Crippen LogP contribution in [0.25, 0.3) is 6.08 Å². The highest BCUT2D eigenvalue weighted by Crippen LogP contribution is 2.36. The molecule has 0 amide bonds. The lowest BCUT2D eigenvalue weighted by Gasteiger charge is -2.41. The molecule has 1 aromatic rings. The van der Waals surface area contributed by atoms with E-state index in [0.29, 0.717) is 5.56 Å². The molecule has 14 nitrogen and oxygen atoms in total. The van der Waals surface area contributed by atoms with Gasteiger partial charge in [0.1, 0.15) is 36.8 Å². The van der Waals surface area contributed by atoms with Crippen LogP contribution in [0.2, 0.25) is 0 Å². The molecule has 1 saturated heterocycles. The lowest BCUT2D eigenvalue weighted by Crippen LogP contribution is -2.60. The van der Waals surface area contributed by atoms with Crippen LogP contribution < -0.4 is 0 Å². The first-order valence-electron chi connectivity index (χ1n) is 12.4. The van der Waals surface area contributed by atoms with Crippen molar-refractivity contribution < 1.29 is 68.3 Å². The van der Waals surface area contributed by atoms with Crippen molar-refractivity contribution in [2.24, 2.45) is 5.92 Å². The number of hydrogen-bond donors (Lipinski definition) is 5. The fourth-order valence-corrected chi connectivity index (χ4v) is 4.09. The maximum absolute atomic E-state index is 12.5. The summed E-state index contributed by atoms with van der Waals surface area (Å²) < 4.78 is 31.4. The van der Waals surface area contributed by atoms with E-state index in [4.69, 9.17) is 28.4 Å². The predicted molar refractivity (Wildman–Crippen MR) is 136 cm³/mol. The largest absolute Gasteiger partial charge is 0.508 e. The predicted octanol–water partition coefficient (Wildman–Crippen LogP) is -0.716. The molecule has 7 atom stereocenters. The summed E-state index contributed by atoms with van der Waals surface area (Å²) in [5, 5.41) is 49.4. The summed E-state index contributed by atoms with van der Waals surface area (Å²) in [5.41, 5.74) is 0.625. The Morgan fingerprint density at radius 2 is 1.71 bits per heavy atom. The molecule has 0 radical (unpaired) electrons. The minimum absolute atomic E-state index is 0.0634. The second-order valence-corrected chi connectivity index (χ2v) is 8.96. The molecule has 0 aromatic heterocycles. The van der Waals surface area contributed by atoms with Gasteiger partial charge in [-0.1, -0.05) is 12.1 Å². The number of hydrogen-bond acceptors (Lipinski definition) is 14. The Hall–Kier alpha value is -3.79. The van der Waals surface area contributed by atoms with Gasteiger partial charge >= 0.3 is 17.9 Å². The second kappa shape index (κ2) is 14.7. The number of methoxy groups -OCH3 is 2. The molecule has 0 spiro atoms. The third-order valence-corrected chi connectivity index (χ3v) is 6.34. The summed E-state index contributed by atoms with van der Waals surface area (Å²) in [6.45, 7) is -1.08. The summed E-state index contributed by atoms with van der Waals surface area (Å²) in [6.07, 6.45) is -4.95. The number of benzene rings is 1. The van der Waals surface area contributed by atoms with Gasteiger partial charge in [-0.25, -0.2) is 9.59 Å². The Bertz CT molecular complexity index is 1160. The summed E-state index contributed by atoms with van der Waals surface area (Å²) in [6, 6.07) is 6.06. The molecule has 41 heavy (non-hydrogen) atoms. The number of aliphatic hydroxyl groups excluding tert-OH is 4. The van der Waals surface area contributed by atoms with Gasteiger partial charge in [-0.2, -0.15) is 0 Å². The molecule has 0 aliphatic carbocycles. The molecule has 0 bridgehead atoms. The Morgan fingerprint density at radius 3 is 2.34 bits per heavy atom. The van der Waals surface area contributed by atoms with Gasteiger partial charge in [-0.3, -0.25) is 4.79 Å². The maximum atomic E-state index is 12.5. The van der Waals surface area contributed by atoms with E-state index in [-0.39, 0.29) is 29.9 Å². The van der Waals surface area contributed by atoms with Gasteiger partial charge < -0.3 is 54.0 Å². The standard InChI is InChI=1S/C27H32O14/c1-36-21(31)11-17-16(9-10-38-20(30)8-5-14-3-6-15(29)7-4-14)26(39-13-18(17)25(35)37-2)41-27-24(34)23(33)22(32)19(12-28)40-27/h3-9,13,17,19,22-24,26-29,32-34H,10-12H2,1-2H3/b8-5+,16-9+/t17-,19+,22+,23-,24+,26-,27-/m0/s1. The van der Waals surface area contributed by atoms with Crippen LogP contribution in [0.1, 0.15) is 12.0 Å². The summed E-state index contributed by atoms with van der Waals surface area (Å²) in [7, 11) is 2.28. The molecule has 1 fully saturated rings. The number of phenols is 1. The molecule has 0 unspecified atom stereocenters. The molecule has 0 saturated carbocycles. The van der Waals surface area contributed by atoms with Crippen molar-refractivity contribution >= 4 is 24.0 Å². The first-order valence-corrected chi connectivity index (χ1v) is 12.4. The summed E-state index contributed by atoms with van der Waals surface area (Å²) in [5.74, 6) is -3.27. The van der Waals surface area contributed by atoms with Gasteiger partial charge in [-0.05, 0) is 29.8 Å². The SMILES string of the molecule is COC(=O)C[C@@H]1C(C(=O)OC)=CO[C@@H](O[C@@H]2O[C@H](CO)[C@@H](O)[C@H](O)[C@H]2O)/C1=C/COC(=O)/C=C/c1ccc(O)cc1. The van der Waals surface area contributed by atoms with E-state index < -0.39 is 67.4 Å². The van der Waals surface area contributed by atoms with E-state index in [1.54, 1.807) is 12.1 Å². The highest BCUT2D eigenvalue weighted by Gasteiger charge is 2.47. The summed E-state index contributed by atoms with van der Waals surface area (Å²) >= 11 is 0. The van der Waals surface area contributed by atoms with Crippen LogP contribution in [-0.4, -0.2) is 108 Å². The third-order valence-electron chi connectivity index (χ3n) is 6.34. The molecule has 2 aliphatic rings. The van der Waals surface area contributed by atoms with Gasteiger partial charge in [0.2, 0.25) is 6.29 Å². The number of aliphatic hydroxyl groups is 4. The lowest BCUT2D eigenvalue weighted by atomic mass is 9.86. The first-order chi connectivity index (χ1) is 19.6. The molecule has 2 aliphatic heterocycles. The minimum atomic E-state index is -1.77. The quantitative estimate of drug-likeness (QED) is 0.100. The van der Waals surface area contributed by atoms with Crippen LogP contribution in [0.4, 0.5) is 0 Å². The number of rotatable bonds is 10.